The van der Waals surface area contributed by atoms with Crippen molar-refractivity contribution in [2.75, 3.05) is 36.9 Å². The summed E-state index contributed by atoms with van der Waals surface area (Å²) in [7, 11) is -1.21. The van der Waals surface area contributed by atoms with Crippen LogP contribution in [0.15, 0.2) is 47.0 Å². The highest BCUT2D eigenvalue weighted by Gasteiger charge is 2.37. The van der Waals surface area contributed by atoms with Crippen molar-refractivity contribution in [3.63, 3.8) is 0 Å². The number of nitriles is 1. The van der Waals surface area contributed by atoms with Crippen LogP contribution in [0.1, 0.15) is 17.7 Å². The van der Waals surface area contributed by atoms with Crippen molar-refractivity contribution in [3.05, 3.63) is 59.1 Å². The Morgan fingerprint density at radius 1 is 1.17 bits per heavy atom. The summed E-state index contributed by atoms with van der Waals surface area (Å²) in [5.74, 6) is 1.78. The number of aryl methyl sites for hydroxylation is 1. The van der Waals surface area contributed by atoms with Crippen molar-refractivity contribution in [2.45, 2.75) is 24.7 Å². The summed E-state index contributed by atoms with van der Waals surface area (Å²) < 4.78 is 48.5. The van der Waals surface area contributed by atoms with Gasteiger partial charge in [0.2, 0.25) is 21.8 Å². The Balaban J connectivity index is 1.55. The average molecular weight is 600 g/mol. The van der Waals surface area contributed by atoms with Gasteiger partial charge in [0.05, 0.1) is 37.8 Å². The number of aliphatic hydroxyl groups excluding tert-OH is 1. The van der Waals surface area contributed by atoms with Crippen LogP contribution < -0.4 is 19.1 Å². The third-order valence-corrected chi connectivity index (χ3v) is 8.61. The highest BCUT2D eigenvalue weighted by Crippen LogP contribution is 2.38. The predicted molar refractivity (Wildman–Crippen MR) is 150 cm³/mol. The highest BCUT2D eigenvalue weighted by atomic mass is 35.5. The van der Waals surface area contributed by atoms with Crippen molar-refractivity contribution >= 4 is 33.3 Å². The Morgan fingerprint density at radius 2 is 1.90 bits per heavy atom. The van der Waals surface area contributed by atoms with Crippen LogP contribution in [-0.2, 0) is 10.0 Å². The second-order valence-corrected chi connectivity index (χ2v) is 11.6. The molecule has 15 heteroatoms. The first-order valence-electron chi connectivity index (χ1n) is 12.4. The molecule has 1 fully saturated rings. The van der Waals surface area contributed by atoms with Gasteiger partial charge in [-0.25, -0.2) is 13.4 Å². The Labute approximate surface area is 241 Å². The highest BCUT2D eigenvalue weighted by molar-refractivity contribution is 7.93. The molecule has 0 radical (unpaired) electrons. The molecule has 1 saturated heterocycles. The third-order valence-electron chi connectivity index (χ3n) is 6.62. The molecule has 5 rings (SSSR count). The molecule has 4 aromatic rings. The van der Waals surface area contributed by atoms with Crippen LogP contribution in [0.25, 0.3) is 17.3 Å². The van der Waals surface area contributed by atoms with E-state index in [2.05, 4.69) is 19.9 Å². The number of pyridine rings is 1. The van der Waals surface area contributed by atoms with E-state index in [1.165, 1.54) is 31.0 Å². The molecule has 214 valence electrons. The molecular formula is C26H26ClN7O6S. The standard InChI is InChI=1S/C26H26ClN7O6S/c1-15-7-8-22(40-15)25-30-31-26(34(25)23-20(38-2)5-4-6-21(23)39-3)32-41(36,37)19-10-18(35)13-33(14-19)17-9-16(11-28)24(27)29-12-17/h4-9,12,18-19,35H,10,13-14H2,1-3H3,(H,31,32)/t18-,19+/m1/s1. The normalized spacial score (nSPS) is 17.2. The van der Waals surface area contributed by atoms with Crippen LogP contribution >= 0.6 is 11.6 Å². The maximum absolute atomic E-state index is 13.8. The summed E-state index contributed by atoms with van der Waals surface area (Å²) in [6.45, 7) is 1.93. The van der Waals surface area contributed by atoms with Gasteiger partial charge in [0.15, 0.2) is 5.76 Å². The number of halogens is 1. The van der Waals surface area contributed by atoms with E-state index in [0.717, 1.165) is 0 Å². The lowest BCUT2D eigenvalue weighted by molar-refractivity contribution is 0.155. The number of aliphatic hydroxyl groups is 1. The summed E-state index contributed by atoms with van der Waals surface area (Å²) in [5, 5.41) is 27.3. The summed E-state index contributed by atoms with van der Waals surface area (Å²) in [6, 6.07) is 12.0. The molecular weight excluding hydrogens is 574 g/mol. The van der Waals surface area contributed by atoms with Gasteiger partial charge in [-0.2, -0.15) is 5.26 Å². The Bertz CT molecular complexity index is 1710. The van der Waals surface area contributed by atoms with Crippen LogP contribution in [-0.4, -0.2) is 71.9 Å². The SMILES string of the molecule is COc1cccc(OC)c1-n1c(NS(=O)(=O)[C@H]2C[C@@H](O)CN(c3cnc(Cl)c(C#N)c3)C2)nnc1-c1ccc(C)o1. The van der Waals surface area contributed by atoms with E-state index in [-0.39, 0.29) is 42.0 Å². The number of β-amino-alcohol motifs (C(OH)–C–C–N with tert-alkyl or cyclic N) is 1. The molecule has 0 bridgehead atoms. The minimum atomic E-state index is -4.17. The predicted octanol–water partition coefficient (Wildman–Crippen LogP) is 3.15. The van der Waals surface area contributed by atoms with E-state index in [1.807, 2.05) is 6.07 Å². The molecule has 3 aromatic heterocycles. The number of aromatic nitrogens is 4. The molecule has 1 aliphatic rings. The number of hydrogen-bond acceptors (Lipinski definition) is 11. The largest absolute Gasteiger partial charge is 0.494 e. The first-order valence-corrected chi connectivity index (χ1v) is 14.3. The van der Waals surface area contributed by atoms with Gasteiger partial charge in [0, 0.05) is 13.1 Å². The Hall–Kier alpha value is -4.32. The lowest BCUT2D eigenvalue weighted by Gasteiger charge is -2.36. The number of rotatable bonds is 8. The molecule has 0 spiro atoms. The molecule has 0 aliphatic carbocycles. The molecule has 0 saturated carbocycles. The molecule has 2 N–H and O–H groups in total. The minimum Gasteiger partial charge on any atom is -0.494 e. The van der Waals surface area contributed by atoms with Crippen LogP contribution in [0.5, 0.6) is 11.5 Å². The molecule has 1 aromatic carbocycles. The van der Waals surface area contributed by atoms with Crippen molar-refractivity contribution < 1.29 is 27.4 Å². The fourth-order valence-electron chi connectivity index (χ4n) is 4.69. The maximum atomic E-state index is 13.8. The van der Waals surface area contributed by atoms with Crippen LogP contribution in [0.2, 0.25) is 5.15 Å². The number of para-hydroxylation sites is 1. The fourth-order valence-corrected chi connectivity index (χ4v) is 6.24. The number of anilines is 2. The van der Waals surface area contributed by atoms with Gasteiger partial charge in [-0.1, -0.05) is 17.7 Å². The number of methoxy groups -OCH3 is 2. The van der Waals surface area contributed by atoms with Crippen molar-refractivity contribution in [2.24, 2.45) is 0 Å². The second kappa shape index (κ2) is 11.3. The summed E-state index contributed by atoms with van der Waals surface area (Å²) >= 11 is 5.96. The summed E-state index contributed by atoms with van der Waals surface area (Å²) in [4.78, 5) is 5.66. The molecule has 13 nitrogen and oxygen atoms in total. The summed E-state index contributed by atoms with van der Waals surface area (Å²) in [5.41, 5.74) is 0.953. The lowest BCUT2D eigenvalue weighted by atomic mass is 10.1. The van der Waals surface area contributed by atoms with Crippen LogP contribution in [0.3, 0.4) is 0 Å². The first-order chi connectivity index (χ1) is 19.6. The van der Waals surface area contributed by atoms with E-state index in [4.69, 9.17) is 25.5 Å². The van der Waals surface area contributed by atoms with E-state index in [1.54, 1.807) is 42.2 Å². The molecule has 0 amide bonds. The summed E-state index contributed by atoms with van der Waals surface area (Å²) in [6.07, 6.45) is 0.426. The van der Waals surface area contributed by atoms with Gasteiger partial charge in [0.1, 0.15) is 39.4 Å². The zero-order valence-electron chi connectivity index (χ0n) is 22.3. The maximum Gasteiger partial charge on any atom is 0.243 e. The zero-order valence-corrected chi connectivity index (χ0v) is 23.8. The third kappa shape index (κ3) is 5.51. The van der Waals surface area contributed by atoms with Gasteiger partial charge >= 0.3 is 0 Å². The number of sulfonamides is 1. The molecule has 0 unspecified atom stereocenters. The van der Waals surface area contributed by atoms with E-state index >= 15 is 0 Å². The van der Waals surface area contributed by atoms with Crippen molar-refractivity contribution in [1.82, 2.24) is 19.7 Å². The Kier molecular flexibility index (Phi) is 7.76. The first kappa shape index (κ1) is 28.2. The molecule has 4 heterocycles. The van der Waals surface area contributed by atoms with Gasteiger partial charge < -0.3 is 23.9 Å². The molecule has 1 aliphatic heterocycles. The fraction of sp³-hybridized carbons (Fsp3) is 0.308. The average Bonchev–Trinajstić information content (AvgIpc) is 3.57. The van der Waals surface area contributed by atoms with E-state index in [9.17, 15) is 18.8 Å². The monoisotopic (exact) mass is 599 g/mol. The zero-order chi connectivity index (χ0) is 29.3. The number of nitrogens with zero attached hydrogens (tertiary/aromatic N) is 6. The second-order valence-electron chi connectivity index (χ2n) is 9.31. The van der Waals surface area contributed by atoms with Gasteiger partial charge in [-0.05, 0) is 43.7 Å². The van der Waals surface area contributed by atoms with Gasteiger partial charge in [-0.3, -0.25) is 9.29 Å². The quantitative estimate of drug-likeness (QED) is 0.285. The Morgan fingerprint density at radius 3 is 2.54 bits per heavy atom. The number of nitrogens with one attached hydrogen (secondary N) is 1. The topological polar surface area (TPSA) is 169 Å². The smallest absolute Gasteiger partial charge is 0.243 e. The van der Waals surface area contributed by atoms with Crippen molar-refractivity contribution in [3.8, 4) is 34.8 Å². The van der Waals surface area contributed by atoms with Gasteiger partial charge in [0.25, 0.3) is 0 Å². The number of benzene rings is 1. The van der Waals surface area contributed by atoms with Crippen LogP contribution in [0.4, 0.5) is 11.6 Å². The van der Waals surface area contributed by atoms with Gasteiger partial charge in [-0.15, -0.1) is 10.2 Å². The molecule has 41 heavy (non-hydrogen) atoms. The minimum absolute atomic E-state index is 0.0108. The number of piperidine rings is 1. The molecule has 2 atom stereocenters. The van der Waals surface area contributed by atoms with E-state index < -0.39 is 21.4 Å². The number of hydrogen-bond donors (Lipinski definition) is 2. The van der Waals surface area contributed by atoms with Crippen LogP contribution in [0, 0.1) is 18.3 Å². The number of furan rings is 1. The number of ether oxygens (including phenoxy) is 2. The van der Waals surface area contributed by atoms with Crippen molar-refractivity contribution in [1.29, 1.82) is 5.26 Å². The lowest BCUT2D eigenvalue weighted by Crippen LogP contribution is -2.50. The van der Waals surface area contributed by atoms with E-state index in [0.29, 0.717) is 34.4 Å².